The molecule has 1 aromatic heterocycles. The molecule has 4 aromatic rings. The molecule has 0 spiro atoms. The Morgan fingerprint density at radius 2 is 1.67 bits per heavy atom. The molecule has 0 aliphatic heterocycles. The molecule has 0 amide bonds. The molecule has 0 fully saturated rings. The van der Waals surface area contributed by atoms with Gasteiger partial charge >= 0.3 is 0 Å². The second-order valence-corrected chi connectivity index (χ2v) is 6.13. The van der Waals surface area contributed by atoms with Crippen molar-refractivity contribution < 1.29 is 4.57 Å². The van der Waals surface area contributed by atoms with Crippen LogP contribution in [0.15, 0.2) is 79.3 Å². The number of hydrogen-bond donors (Lipinski definition) is 0. The minimum Gasteiger partial charge on any atom is -0.233 e. The minimum absolute atomic E-state index is 1.17. The average Bonchev–Trinajstić information content (AvgIpc) is 2.62. The molecule has 3 aromatic carbocycles. The predicted octanol–water partition coefficient (Wildman–Crippen LogP) is 4.70. The van der Waals surface area contributed by atoms with Crippen molar-refractivity contribution in [1.29, 1.82) is 0 Å². The van der Waals surface area contributed by atoms with Crippen LogP contribution < -0.4 is 4.57 Å². The largest absolute Gasteiger partial charge is 0.286 e. The van der Waals surface area contributed by atoms with E-state index in [1.807, 2.05) is 19.6 Å². The van der Waals surface area contributed by atoms with Crippen molar-refractivity contribution in [2.45, 2.75) is 6.92 Å². The molecule has 0 bridgehead atoms. The van der Waals surface area contributed by atoms with Gasteiger partial charge in [0.25, 0.3) is 6.33 Å². The van der Waals surface area contributed by atoms with Gasteiger partial charge in [-0.05, 0) is 40.5 Å². The summed E-state index contributed by atoms with van der Waals surface area (Å²) in [4.78, 5) is 4.18. The molecule has 0 aliphatic carbocycles. The van der Waals surface area contributed by atoms with Crippen LogP contribution in [0.25, 0.3) is 33.2 Å². The van der Waals surface area contributed by atoms with Crippen LogP contribution in [0.4, 0.5) is 0 Å². The summed E-state index contributed by atoms with van der Waals surface area (Å²) in [5.74, 6) is 0. The lowest BCUT2D eigenvalue weighted by Gasteiger charge is -2.11. The number of fused-ring (bicyclic) bond motifs is 1. The fourth-order valence-corrected chi connectivity index (χ4v) is 3.25. The fourth-order valence-electron chi connectivity index (χ4n) is 3.25. The van der Waals surface area contributed by atoms with E-state index in [9.17, 15) is 0 Å². The number of rotatable bonds is 2. The lowest BCUT2D eigenvalue weighted by atomic mass is 9.94. The maximum atomic E-state index is 4.18. The quantitative estimate of drug-likeness (QED) is 0.490. The molecule has 2 heteroatoms. The van der Waals surface area contributed by atoms with Crippen LogP contribution in [0, 0.1) is 6.92 Å². The Kier molecular flexibility index (Phi) is 3.58. The highest BCUT2D eigenvalue weighted by Gasteiger charge is 2.12. The second-order valence-electron chi connectivity index (χ2n) is 6.13. The summed E-state index contributed by atoms with van der Waals surface area (Å²) >= 11 is 0. The number of nitrogens with zero attached hydrogens (tertiary/aromatic N) is 2. The highest BCUT2D eigenvalue weighted by atomic mass is 15.0. The lowest BCUT2D eigenvalue weighted by molar-refractivity contribution is -0.663. The summed E-state index contributed by atoms with van der Waals surface area (Å²) in [6, 6.07) is 23.8. The number of benzene rings is 3. The lowest BCUT2D eigenvalue weighted by Crippen LogP contribution is -2.31. The molecule has 4 rings (SSSR count). The van der Waals surface area contributed by atoms with E-state index >= 15 is 0 Å². The Balaban J connectivity index is 1.94. The Hall–Kier alpha value is -3.00. The monoisotopic (exact) mass is 311 g/mol. The van der Waals surface area contributed by atoms with Gasteiger partial charge in [0.15, 0.2) is 0 Å². The van der Waals surface area contributed by atoms with Crippen molar-refractivity contribution in [2.75, 3.05) is 0 Å². The third kappa shape index (κ3) is 2.46. The van der Waals surface area contributed by atoms with Gasteiger partial charge in [0.1, 0.15) is 11.9 Å². The van der Waals surface area contributed by atoms with Gasteiger partial charge in [-0.3, -0.25) is 0 Å². The summed E-state index contributed by atoms with van der Waals surface area (Å²) in [6.45, 7) is 2.16. The van der Waals surface area contributed by atoms with Crippen LogP contribution in [0.3, 0.4) is 0 Å². The van der Waals surface area contributed by atoms with Gasteiger partial charge in [0.2, 0.25) is 0 Å². The summed E-state index contributed by atoms with van der Waals surface area (Å²) in [5, 5.41) is 2.56. The average molecular weight is 311 g/mol. The van der Waals surface area contributed by atoms with Crippen LogP contribution in [0.5, 0.6) is 0 Å². The van der Waals surface area contributed by atoms with E-state index in [0.717, 1.165) is 0 Å². The van der Waals surface area contributed by atoms with Crippen molar-refractivity contribution in [3.8, 4) is 22.4 Å². The van der Waals surface area contributed by atoms with Gasteiger partial charge < -0.3 is 0 Å². The van der Waals surface area contributed by atoms with E-state index in [1.165, 1.54) is 38.7 Å². The molecule has 0 atom stereocenters. The van der Waals surface area contributed by atoms with Gasteiger partial charge in [0, 0.05) is 11.6 Å². The number of aromatic nitrogens is 2. The first-order valence-corrected chi connectivity index (χ1v) is 8.13. The van der Waals surface area contributed by atoms with E-state index in [1.54, 1.807) is 0 Å². The molecule has 0 unspecified atom stereocenters. The van der Waals surface area contributed by atoms with E-state index in [-0.39, 0.29) is 0 Å². The summed E-state index contributed by atoms with van der Waals surface area (Å²) in [5.41, 5.74) is 6.19. The van der Waals surface area contributed by atoms with E-state index in [2.05, 4.69) is 83.2 Å². The minimum atomic E-state index is 1.17. The van der Waals surface area contributed by atoms with Crippen molar-refractivity contribution in [3.63, 3.8) is 0 Å². The van der Waals surface area contributed by atoms with Crippen molar-refractivity contribution in [1.82, 2.24) is 4.98 Å². The molecule has 0 N–H and O–H groups in total. The van der Waals surface area contributed by atoms with Crippen LogP contribution >= 0.6 is 0 Å². The van der Waals surface area contributed by atoms with E-state index < -0.39 is 0 Å². The van der Waals surface area contributed by atoms with Gasteiger partial charge in [-0.15, -0.1) is 0 Å². The molecule has 0 aliphatic rings. The Morgan fingerprint density at radius 3 is 2.54 bits per heavy atom. The van der Waals surface area contributed by atoms with Crippen molar-refractivity contribution in [3.05, 3.63) is 84.8 Å². The predicted molar refractivity (Wildman–Crippen MR) is 98.5 cm³/mol. The normalized spacial score (nSPS) is 10.9. The van der Waals surface area contributed by atoms with Crippen LogP contribution in [-0.4, -0.2) is 4.98 Å². The molecule has 0 saturated heterocycles. The highest BCUT2D eigenvalue weighted by Crippen LogP contribution is 2.32. The topological polar surface area (TPSA) is 16.8 Å². The SMILES string of the molecule is Cc1ccc(-c2cccc3ccccc23)cc1-c1ccnc[n+]1C. The maximum absolute atomic E-state index is 4.18. The zero-order valence-corrected chi connectivity index (χ0v) is 13.9. The smallest absolute Gasteiger partial charge is 0.233 e. The Morgan fingerprint density at radius 1 is 0.833 bits per heavy atom. The molecule has 116 valence electrons. The van der Waals surface area contributed by atoms with Gasteiger partial charge in [0.05, 0.1) is 7.05 Å². The first-order chi connectivity index (χ1) is 11.7. The molecule has 0 radical (unpaired) electrons. The third-order valence-corrected chi connectivity index (χ3v) is 4.55. The standard InChI is InChI=1S/C22H19N2/c1-16-10-11-18(14-21(16)22-12-13-23-15-24(22)2)20-9-5-7-17-6-3-4-8-19(17)20/h3-15H,1-2H3/q+1. The fraction of sp³-hybridized carbons (Fsp3) is 0.0909. The summed E-state index contributed by atoms with van der Waals surface area (Å²) < 4.78 is 2.06. The highest BCUT2D eigenvalue weighted by molar-refractivity contribution is 5.97. The first-order valence-electron chi connectivity index (χ1n) is 8.13. The Labute approximate surface area is 142 Å². The molecular weight excluding hydrogens is 292 g/mol. The molecule has 0 saturated carbocycles. The van der Waals surface area contributed by atoms with Gasteiger partial charge in [-0.2, -0.15) is 0 Å². The first kappa shape index (κ1) is 14.6. The van der Waals surface area contributed by atoms with Crippen molar-refractivity contribution in [2.24, 2.45) is 7.05 Å². The van der Waals surface area contributed by atoms with Crippen molar-refractivity contribution >= 4 is 10.8 Å². The molecule has 24 heavy (non-hydrogen) atoms. The van der Waals surface area contributed by atoms with Gasteiger partial charge in [-0.1, -0.05) is 59.6 Å². The zero-order valence-electron chi connectivity index (χ0n) is 13.9. The van der Waals surface area contributed by atoms with Crippen LogP contribution in [0.1, 0.15) is 5.56 Å². The summed E-state index contributed by atoms with van der Waals surface area (Å²) in [7, 11) is 2.03. The third-order valence-electron chi connectivity index (χ3n) is 4.55. The number of aryl methyl sites for hydroxylation is 2. The van der Waals surface area contributed by atoms with E-state index in [4.69, 9.17) is 0 Å². The summed E-state index contributed by atoms with van der Waals surface area (Å²) in [6.07, 6.45) is 3.69. The molecule has 2 nitrogen and oxygen atoms in total. The Bertz CT molecular complexity index is 1030. The van der Waals surface area contributed by atoms with E-state index in [0.29, 0.717) is 0 Å². The number of hydrogen-bond acceptors (Lipinski definition) is 1. The maximum Gasteiger partial charge on any atom is 0.286 e. The molecular formula is C22H19N2+. The van der Waals surface area contributed by atoms with Crippen LogP contribution in [0.2, 0.25) is 0 Å². The molecule has 1 heterocycles. The second kappa shape index (κ2) is 5.89. The zero-order chi connectivity index (χ0) is 16.5. The van der Waals surface area contributed by atoms with Crippen LogP contribution in [-0.2, 0) is 7.05 Å². The van der Waals surface area contributed by atoms with Gasteiger partial charge in [-0.25, -0.2) is 4.57 Å².